The molecular weight excluding hydrogens is 967 g/mol. The van der Waals surface area contributed by atoms with E-state index in [1.54, 1.807) is 41.8 Å². The van der Waals surface area contributed by atoms with E-state index in [-0.39, 0.29) is 79.8 Å². The zero-order chi connectivity index (χ0) is 55.2. The molecule has 22 heteroatoms. The lowest BCUT2D eigenvalue weighted by atomic mass is 9.89. The van der Waals surface area contributed by atoms with Gasteiger partial charge in [0.1, 0.15) is 17.8 Å². The molecule has 0 unspecified atom stereocenters. The quantitative estimate of drug-likeness (QED) is 0.0462. The van der Waals surface area contributed by atoms with E-state index in [2.05, 4.69) is 34.8 Å². The molecule has 2 aliphatic rings. The Morgan fingerprint density at radius 1 is 0.840 bits per heavy atom. The molecule has 75 heavy (non-hydrogen) atoms. The molecule has 0 aliphatic carbocycles. The minimum absolute atomic E-state index is 0.0110. The number of likely N-dealkylation sites (tertiary alicyclic amines) is 1. The molecule has 418 valence electrons. The second-order valence-corrected chi connectivity index (χ2v) is 19.9. The number of guanidine groups is 1. The number of hydrogen-bond donors (Lipinski definition) is 2. The Morgan fingerprint density at radius 2 is 1.47 bits per heavy atom. The largest absolute Gasteiger partial charge is 0.379 e. The van der Waals surface area contributed by atoms with Gasteiger partial charge in [0, 0.05) is 81.1 Å². The van der Waals surface area contributed by atoms with Crippen LogP contribution in [0.5, 0.6) is 0 Å². The first-order valence-corrected chi connectivity index (χ1v) is 26.1. The van der Waals surface area contributed by atoms with E-state index >= 15 is 0 Å². The van der Waals surface area contributed by atoms with Crippen molar-refractivity contribution >= 4 is 41.4 Å². The molecule has 0 spiro atoms. The summed E-state index contributed by atoms with van der Waals surface area (Å²) in [7, 11) is 12.5. The third kappa shape index (κ3) is 18.5. The Kier molecular flexibility index (Phi) is 25.8. The molecule has 0 bridgehead atoms. The fourth-order valence-corrected chi connectivity index (χ4v) is 9.46. The molecule has 2 aromatic rings. The van der Waals surface area contributed by atoms with Crippen LogP contribution in [0.15, 0.2) is 53.7 Å². The smallest absolute Gasteiger partial charge is 0.253 e. The Morgan fingerprint density at radius 3 is 2.05 bits per heavy atom. The van der Waals surface area contributed by atoms with Crippen molar-refractivity contribution in [2.45, 2.75) is 116 Å². The summed E-state index contributed by atoms with van der Waals surface area (Å²) in [5.41, 5.74) is 1.36. The molecule has 2 aliphatic heterocycles. The van der Waals surface area contributed by atoms with Crippen molar-refractivity contribution in [1.29, 1.82) is 0 Å². The number of ether oxygens (including phenoxy) is 5. The van der Waals surface area contributed by atoms with E-state index in [1.165, 1.54) is 19.3 Å². The van der Waals surface area contributed by atoms with E-state index in [0.29, 0.717) is 64.2 Å². The van der Waals surface area contributed by atoms with Crippen LogP contribution in [0.4, 0.5) is 0 Å². The van der Waals surface area contributed by atoms with Gasteiger partial charge in [-0.1, -0.05) is 76.6 Å². The van der Waals surface area contributed by atoms with E-state index in [1.807, 2.05) is 82.2 Å². The molecule has 1 aromatic heterocycles. The van der Waals surface area contributed by atoms with Crippen LogP contribution in [0.25, 0.3) is 0 Å². The van der Waals surface area contributed by atoms with Crippen LogP contribution in [0.2, 0.25) is 0 Å². The third-order valence-electron chi connectivity index (χ3n) is 13.7. The Bertz CT molecular complexity index is 2160. The fourth-order valence-electron chi connectivity index (χ4n) is 9.46. The van der Waals surface area contributed by atoms with Gasteiger partial charge < -0.3 is 53.9 Å². The lowest BCUT2D eigenvalue weighted by molar-refractivity contribution is -0.146. The maximum Gasteiger partial charge on any atom is 0.253 e. The molecule has 2 N–H and O–H groups in total. The summed E-state index contributed by atoms with van der Waals surface area (Å²) in [6, 6.07) is 7.03. The highest BCUT2D eigenvalue weighted by Crippen LogP contribution is 2.30. The molecular formula is C53H85N11O11. The van der Waals surface area contributed by atoms with Crippen molar-refractivity contribution in [3.63, 3.8) is 0 Å². The van der Waals surface area contributed by atoms with Crippen molar-refractivity contribution in [2.24, 2.45) is 22.7 Å². The van der Waals surface area contributed by atoms with Gasteiger partial charge in [-0.3, -0.25) is 33.7 Å². The first-order valence-electron chi connectivity index (χ1n) is 26.1. The standard InChI is InChI=1S/C53H85N11O11/c1-13-37(4)48(61(10)52(70)47(36(2)3)56-53(59(6)7)60(8)9)43(71-11)33-46(67)63-24-17-20-42(63)49(72-12)38(5)50(68)55-41(32-39-18-15-14-16-19-39)51(69)54-23-26-73-28-30-75-31-29-74-27-25-62-34-40(57-58-62)35-64-44(65)21-22-45(64)66/h14-16,18-19,21-22,34,36-38,41-43,47-49H,13,17,20,23-33,35H2,1-12H3,(H,54,69)(H,55,68)/t37-,38+,41-,42-,43+,47-,48-,49+/m0/s1. The first-order chi connectivity index (χ1) is 35.8. The number of aromatic nitrogens is 3. The monoisotopic (exact) mass is 1050 g/mol. The van der Waals surface area contributed by atoms with E-state index in [0.717, 1.165) is 23.3 Å². The number of carbonyl (C=O) groups is 6. The zero-order valence-corrected chi connectivity index (χ0v) is 46.4. The van der Waals surface area contributed by atoms with Gasteiger partial charge in [-0.2, -0.15) is 0 Å². The Hall–Kier alpha value is -5.81. The maximum atomic E-state index is 14.5. The van der Waals surface area contributed by atoms with Crippen LogP contribution >= 0.6 is 0 Å². The molecule has 8 atom stereocenters. The summed E-state index contributed by atoms with van der Waals surface area (Å²) in [5, 5.41) is 13.9. The minimum Gasteiger partial charge on any atom is -0.379 e. The second-order valence-electron chi connectivity index (χ2n) is 19.9. The number of nitrogens with zero attached hydrogens (tertiary/aromatic N) is 9. The molecule has 1 fully saturated rings. The minimum atomic E-state index is -0.905. The van der Waals surface area contributed by atoms with Crippen molar-refractivity contribution in [3.8, 4) is 0 Å². The molecule has 4 rings (SSSR count). The van der Waals surface area contributed by atoms with Gasteiger partial charge in [-0.15, -0.1) is 5.10 Å². The molecule has 3 heterocycles. The highest BCUT2D eigenvalue weighted by molar-refractivity contribution is 6.12. The maximum absolute atomic E-state index is 14.5. The number of rotatable bonds is 32. The van der Waals surface area contributed by atoms with Gasteiger partial charge in [0.25, 0.3) is 11.8 Å². The topological polar surface area (TPSA) is 232 Å². The highest BCUT2D eigenvalue weighted by Gasteiger charge is 2.43. The Labute approximate surface area is 443 Å². The molecule has 22 nitrogen and oxygen atoms in total. The van der Waals surface area contributed by atoms with E-state index in [4.69, 9.17) is 28.7 Å². The number of amides is 6. The summed E-state index contributed by atoms with van der Waals surface area (Å²) in [6.07, 6.45) is 5.16. The average molecular weight is 1050 g/mol. The van der Waals surface area contributed by atoms with Gasteiger partial charge >= 0.3 is 0 Å². The summed E-state index contributed by atoms with van der Waals surface area (Å²) in [5.74, 6) is -1.99. The number of aliphatic imine (C=N–C) groups is 1. The lowest BCUT2D eigenvalue weighted by Gasteiger charge is -2.40. The van der Waals surface area contributed by atoms with E-state index < -0.39 is 42.3 Å². The van der Waals surface area contributed by atoms with Gasteiger partial charge in [-0.25, -0.2) is 9.67 Å². The van der Waals surface area contributed by atoms with Crippen molar-refractivity contribution in [3.05, 3.63) is 59.9 Å². The van der Waals surface area contributed by atoms with Gasteiger partial charge in [-0.05, 0) is 30.2 Å². The summed E-state index contributed by atoms with van der Waals surface area (Å²) in [6.45, 7) is 12.9. The number of methoxy groups -OCH3 is 2. The summed E-state index contributed by atoms with van der Waals surface area (Å²) in [4.78, 5) is 93.5. The average Bonchev–Trinajstić information content (AvgIpc) is 4.14. The third-order valence-corrected chi connectivity index (χ3v) is 13.7. The number of carbonyl (C=O) groups excluding carboxylic acids is 6. The Balaban J connectivity index is 1.27. The van der Waals surface area contributed by atoms with Crippen LogP contribution in [0.3, 0.4) is 0 Å². The number of imide groups is 1. The number of likely N-dealkylation sites (N-methyl/N-ethyl adjacent to an activating group) is 1. The lowest BCUT2D eigenvalue weighted by Crippen LogP contribution is -2.55. The second kappa shape index (κ2) is 31.3. The predicted octanol–water partition coefficient (Wildman–Crippen LogP) is 2.02. The highest BCUT2D eigenvalue weighted by atomic mass is 16.5. The summed E-state index contributed by atoms with van der Waals surface area (Å²) >= 11 is 0. The van der Waals surface area contributed by atoms with Crippen LogP contribution in [-0.2, 0) is 72.0 Å². The zero-order valence-electron chi connectivity index (χ0n) is 46.4. The predicted molar refractivity (Wildman–Crippen MR) is 282 cm³/mol. The molecule has 0 radical (unpaired) electrons. The van der Waals surface area contributed by atoms with E-state index in [9.17, 15) is 28.8 Å². The van der Waals surface area contributed by atoms with Crippen LogP contribution in [0.1, 0.15) is 71.6 Å². The van der Waals surface area contributed by atoms with Gasteiger partial charge in [0.05, 0.1) is 95.6 Å². The van der Waals surface area contributed by atoms with Gasteiger partial charge in [0.15, 0.2) is 5.96 Å². The fraction of sp³-hybridized carbons (Fsp3) is 0.679. The van der Waals surface area contributed by atoms with Gasteiger partial charge in [0.2, 0.25) is 23.6 Å². The number of nitrogens with one attached hydrogen (secondary N) is 2. The van der Waals surface area contributed by atoms with Crippen LogP contribution in [0, 0.1) is 17.8 Å². The summed E-state index contributed by atoms with van der Waals surface area (Å²) < 4.78 is 30.6. The van der Waals surface area contributed by atoms with Crippen molar-refractivity contribution < 1.29 is 52.5 Å². The van der Waals surface area contributed by atoms with Crippen molar-refractivity contribution in [2.75, 3.05) is 102 Å². The molecule has 0 saturated carbocycles. The molecule has 6 amide bonds. The molecule has 1 saturated heterocycles. The van der Waals surface area contributed by atoms with Crippen LogP contribution < -0.4 is 10.6 Å². The van der Waals surface area contributed by atoms with Crippen LogP contribution in [-0.4, -0.2) is 219 Å². The van der Waals surface area contributed by atoms with Crippen molar-refractivity contribution in [1.82, 2.24) is 50.1 Å². The SMILES string of the molecule is CC[C@H](C)[C@@H]([C@@H](CC(=O)N1CCC[C@H]1[C@H](OC)[C@@H](C)C(=O)N[C@@H](Cc1ccccc1)C(=O)NCCOCCOCCOCCn1cc(CN2C(=O)C=CC2=O)nn1)OC)N(C)C(=O)[C@@H](N=C(N(C)C)N(C)C)C(C)C. The normalized spacial score (nSPS) is 17.3. The number of hydrogen-bond acceptors (Lipinski definition) is 14. The molecule has 1 aromatic carbocycles. The first kappa shape index (κ1) is 61.7. The number of benzene rings is 1.